The first kappa shape index (κ1) is 13.4. The second kappa shape index (κ2) is 4.77. The van der Waals surface area contributed by atoms with Gasteiger partial charge >= 0.3 is 5.97 Å². The monoisotopic (exact) mass is 275 g/mol. The third-order valence-corrected chi connectivity index (χ3v) is 4.69. The van der Waals surface area contributed by atoms with Gasteiger partial charge in [-0.15, -0.1) is 0 Å². The molecule has 3 unspecified atom stereocenters. The van der Waals surface area contributed by atoms with Gasteiger partial charge in [-0.2, -0.15) is 0 Å². The molecule has 2 heterocycles. The summed E-state index contributed by atoms with van der Waals surface area (Å²) in [5, 5.41) is 9.40. The Labute approximate surface area is 119 Å². The lowest BCUT2D eigenvalue weighted by Crippen LogP contribution is -2.39. The molecule has 2 aliphatic rings. The molecule has 1 saturated heterocycles. The molecule has 2 aliphatic heterocycles. The standard InChI is InChI=1S/C16H21NO3/c1-11-9-20-13-6-4-3-5-12(13)14(11)17-8-7-16(2,10-17)15(18)19/h3-6,11,14H,7-10H2,1-2H3,(H,18,19). The molecular formula is C16H21NO3. The molecule has 0 aliphatic carbocycles. The van der Waals surface area contributed by atoms with Crippen LogP contribution in [0.3, 0.4) is 0 Å². The van der Waals surface area contributed by atoms with Gasteiger partial charge in [0.2, 0.25) is 0 Å². The number of carboxylic acid groups (broad SMARTS) is 1. The van der Waals surface area contributed by atoms with Gasteiger partial charge in [0.15, 0.2) is 0 Å². The second-order valence-corrected chi connectivity index (χ2v) is 6.36. The van der Waals surface area contributed by atoms with Gasteiger partial charge in [0.1, 0.15) is 5.75 Å². The summed E-state index contributed by atoms with van der Waals surface area (Å²) in [4.78, 5) is 13.7. The summed E-state index contributed by atoms with van der Waals surface area (Å²) in [7, 11) is 0. The van der Waals surface area contributed by atoms with Crippen molar-refractivity contribution in [2.24, 2.45) is 11.3 Å². The van der Waals surface area contributed by atoms with Crippen molar-refractivity contribution in [3.05, 3.63) is 29.8 Å². The lowest BCUT2D eigenvalue weighted by Gasteiger charge is -2.38. The Bertz CT molecular complexity index is 530. The van der Waals surface area contributed by atoms with Gasteiger partial charge in [-0.05, 0) is 26.0 Å². The summed E-state index contributed by atoms with van der Waals surface area (Å²) in [5.74, 6) is 0.633. The third-order valence-electron chi connectivity index (χ3n) is 4.69. The van der Waals surface area contributed by atoms with Crippen molar-refractivity contribution in [3.8, 4) is 5.75 Å². The first-order chi connectivity index (χ1) is 9.51. The maximum atomic E-state index is 11.4. The fourth-order valence-corrected chi connectivity index (χ4v) is 3.44. The number of ether oxygens (including phenoxy) is 1. The van der Waals surface area contributed by atoms with Crippen molar-refractivity contribution in [2.45, 2.75) is 26.3 Å². The van der Waals surface area contributed by atoms with Crippen LogP contribution in [0, 0.1) is 11.3 Å². The van der Waals surface area contributed by atoms with Crippen molar-refractivity contribution in [3.63, 3.8) is 0 Å². The highest BCUT2D eigenvalue weighted by molar-refractivity contribution is 5.74. The normalized spacial score (nSPS) is 33.5. The van der Waals surface area contributed by atoms with Crippen LogP contribution in [-0.4, -0.2) is 35.7 Å². The number of carbonyl (C=O) groups is 1. The van der Waals surface area contributed by atoms with Crippen LogP contribution in [0.25, 0.3) is 0 Å². The number of carboxylic acids is 1. The smallest absolute Gasteiger partial charge is 0.310 e. The summed E-state index contributed by atoms with van der Waals surface area (Å²) in [6.45, 7) is 6.18. The zero-order chi connectivity index (χ0) is 14.3. The molecule has 4 heteroatoms. The first-order valence-electron chi connectivity index (χ1n) is 7.20. The largest absolute Gasteiger partial charge is 0.493 e. The molecule has 0 spiro atoms. The van der Waals surface area contributed by atoms with Gasteiger partial charge in [0, 0.05) is 24.1 Å². The number of hydrogen-bond donors (Lipinski definition) is 1. The molecule has 0 aromatic heterocycles. The quantitative estimate of drug-likeness (QED) is 0.901. The molecule has 1 aromatic carbocycles. The Morgan fingerprint density at radius 2 is 2.20 bits per heavy atom. The van der Waals surface area contributed by atoms with Gasteiger partial charge in [-0.1, -0.05) is 25.1 Å². The Morgan fingerprint density at radius 3 is 2.90 bits per heavy atom. The van der Waals surface area contributed by atoms with Crippen molar-refractivity contribution in [2.75, 3.05) is 19.7 Å². The highest BCUT2D eigenvalue weighted by atomic mass is 16.5. The van der Waals surface area contributed by atoms with Gasteiger partial charge in [-0.25, -0.2) is 0 Å². The van der Waals surface area contributed by atoms with E-state index in [1.165, 1.54) is 5.56 Å². The Kier molecular flexibility index (Phi) is 3.21. The number of benzene rings is 1. The van der Waals surface area contributed by atoms with E-state index in [-0.39, 0.29) is 6.04 Å². The molecular weight excluding hydrogens is 254 g/mol. The zero-order valence-corrected chi connectivity index (χ0v) is 12.0. The van der Waals surface area contributed by atoms with Crippen LogP contribution in [-0.2, 0) is 4.79 Å². The van der Waals surface area contributed by atoms with Crippen LogP contribution < -0.4 is 4.74 Å². The van der Waals surface area contributed by atoms with E-state index in [0.717, 1.165) is 12.3 Å². The lowest BCUT2D eigenvalue weighted by atomic mass is 9.88. The van der Waals surface area contributed by atoms with Gasteiger partial charge in [0.25, 0.3) is 0 Å². The average Bonchev–Trinajstić information content (AvgIpc) is 2.82. The third kappa shape index (κ3) is 2.08. The minimum atomic E-state index is -0.687. The minimum Gasteiger partial charge on any atom is -0.493 e. The molecule has 0 radical (unpaired) electrons. The van der Waals surface area contributed by atoms with E-state index in [4.69, 9.17) is 4.74 Å². The highest BCUT2D eigenvalue weighted by Crippen LogP contribution is 2.43. The van der Waals surface area contributed by atoms with Crippen LogP contribution in [0.4, 0.5) is 0 Å². The number of nitrogens with zero attached hydrogens (tertiary/aromatic N) is 1. The molecule has 4 nitrogen and oxygen atoms in total. The van der Waals surface area contributed by atoms with E-state index >= 15 is 0 Å². The second-order valence-electron chi connectivity index (χ2n) is 6.36. The van der Waals surface area contributed by atoms with Crippen LogP contribution >= 0.6 is 0 Å². The summed E-state index contributed by atoms with van der Waals surface area (Å²) in [6, 6.07) is 8.38. The number of fused-ring (bicyclic) bond motifs is 1. The summed E-state index contributed by atoms with van der Waals surface area (Å²) >= 11 is 0. The maximum Gasteiger partial charge on any atom is 0.310 e. The molecule has 1 N–H and O–H groups in total. The van der Waals surface area contributed by atoms with Crippen LogP contribution in [0.5, 0.6) is 5.75 Å². The first-order valence-corrected chi connectivity index (χ1v) is 7.20. The summed E-state index contributed by atoms with van der Waals surface area (Å²) in [5.41, 5.74) is 0.577. The fraction of sp³-hybridized carbons (Fsp3) is 0.562. The number of hydrogen-bond acceptors (Lipinski definition) is 3. The Balaban J connectivity index is 1.89. The van der Waals surface area contributed by atoms with Crippen LogP contribution in [0.2, 0.25) is 0 Å². The van der Waals surface area contributed by atoms with E-state index in [0.29, 0.717) is 25.5 Å². The van der Waals surface area contributed by atoms with E-state index in [2.05, 4.69) is 17.9 Å². The van der Waals surface area contributed by atoms with Crippen molar-refractivity contribution < 1.29 is 14.6 Å². The fourth-order valence-electron chi connectivity index (χ4n) is 3.44. The average molecular weight is 275 g/mol. The van der Waals surface area contributed by atoms with E-state index in [1.54, 1.807) is 0 Å². The number of rotatable bonds is 2. The molecule has 1 aromatic rings. The number of para-hydroxylation sites is 1. The van der Waals surface area contributed by atoms with E-state index in [9.17, 15) is 9.90 Å². The predicted molar refractivity (Wildman–Crippen MR) is 75.8 cm³/mol. The van der Waals surface area contributed by atoms with Gasteiger partial charge in [0.05, 0.1) is 12.0 Å². The molecule has 3 rings (SSSR count). The number of aliphatic carboxylic acids is 1. The molecule has 0 bridgehead atoms. The van der Waals surface area contributed by atoms with E-state index in [1.807, 2.05) is 25.1 Å². The van der Waals surface area contributed by atoms with Gasteiger partial charge < -0.3 is 9.84 Å². The lowest BCUT2D eigenvalue weighted by molar-refractivity contribution is -0.147. The molecule has 0 saturated carbocycles. The molecule has 108 valence electrons. The molecule has 1 fully saturated rings. The summed E-state index contributed by atoms with van der Waals surface area (Å²) in [6.07, 6.45) is 0.717. The molecule has 0 amide bonds. The Hall–Kier alpha value is -1.55. The van der Waals surface area contributed by atoms with Crippen molar-refractivity contribution >= 4 is 5.97 Å². The van der Waals surface area contributed by atoms with E-state index < -0.39 is 11.4 Å². The van der Waals surface area contributed by atoms with Crippen molar-refractivity contribution in [1.29, 1.82) is 0 Å². The van der Waals surface area contributed by atoms with Gasteiger partial charge in [-0.3, -0.25) is 9.69 Å². The minimum absolute atomic E-state index is 0.265. The maximum absolute atomic E-state index is 11.4. The number of likely N-dealkylation sites (tertiary alicyclic amines) is 1. The Morgan fingerprint density at radius 1 is 1.45 bits per heavy atom. The van der Waals surface area contributed by atoms with Crippen molar-refractivity contribution in [1.82, 2.24) is 4.90 Å². The SMILES string of the molecule is CC1COc2ccccc2C1N1CCC(C)(C(=O)O)C1. The zero-order valence-electron chi connectivity index (χ0n) is 12.0. The van der Waals surface area contributed by atoms with Crippen LogP contribution in [0.1, 0.15) is 31.9 Å². The molecule has 3 atom stereocenters. The topological polar surface area (TPSA) is 49.8 Å². The summed E-state index contributed by atoms with van der Waals surface area (Å²) < 4.78 is 5.78. The highest BCUT2D eigenvalue weighted by Gasteiger charge is 2.45. The molecule has 20 heavy (non-hydrogen) atoms. The predicted octanol–water partition coefficient (Wildman–Crippen LogP) is 2.55. The van der Waals surface area contributed by atoms with Crippen LogP contribution in [0.15, 0.2) is 24.3 Å².